The van der Waals surface area contributed by atoms with Crippen molar-refractivity contribution in [3.8, 4) is 33.6 Å². The van der Waals surface area contributed by atoms with Crippen molar-refractivity contribution in [1.29, 1.82) is 0 Å². The number of benzene rings is 8. The van der Waals surface area contributed by atoms with Crippen LogP contribution in [0.4, 0.5) is 0 Å². The maximum absolute atomic E-state index is 6.26. The first-order chi connectivity index (χ1) is 25.3. The summed E-state index contributed by atoms with van der Waals surface area (Å²) in [6.07, 6.45) is 0. The molecule has 0 aliphatic heterocycles. The summed E-state index contributed by atoms with van der Waals surface area (Å²) in [5.74, 6) is 0. The summed E-state index contributed by atoms with van der Waals surface area (Å²) >= 11 is 0. The SMILES string of the molecule is c1ccc(-c2ccc(-n3c4ccccc4c4c5c6ccccc6n(-c6cccc(-c7ccc8c(c7)oc7ccccc78)c6)c5ccc43)cc2)cc1. The van der Waals surface area contributed by atoms with E-state index >= 15 is 0 Å². The van der Waals surface area contributed by atoms with Crippen molar-refractivity contribution >= 4 is 65.6 Å². The lowest BCUT2D eigenvalue weighted by Gasteiger charge is -2.11. The number of rotatable bonds is 4. The van der Waals surface area contributed by atoms with E-state index < -0.39 is 0 Å². The zero-order chi connectivity index (χ0) is 33.5. The van der Waals surface area contributed by atoms with Gasteiger partial charge in [0, 0.05) is 43.7 Å². The van der Waals surface area contributed by atoms with Gasteiger partial charge in [-0.3, -0.25) is 0 Å². The molecule has 3 heteroatoms. The molecule has 0 spiro atoms. The van der Waals surface area contributed by atoms with E-state index in [9.17, 15) is 0 Å². The van der Waals surface area contributed by atoms with E-state index in [0.717, 1.165) is 44.4 Å². The molecular weight excluding hydrogens is 621 g/mol. The lowest BCUT2D eigenvalue weighted by molar-refractivity contribution is 0.669. The molecule has 3 aromatic heterocycles. The van der Waals surface area contributed by atoms with Crippen LogP contribution in [0.2, 0.25) is 0 Å². The van der Waals surface area contributed by atoms with Gasteiger partial charge in [-0.15, -0.1) is 0 Å². The molecule has 0 aliphatic rings. The third kappa shape index (κ3) is 4.19. The highest BCUT2D eigenvalue weighted by Gasteiger charge is 2.20. The molecule has 0 radical (unpaired) electrons. The largest absolute Gasteiger partial charge is 0.456 e. The summed E-state index contributed by atoms with van der Waals surface area (Å²) < 4.78 is 11.1. The summed E-state index contributed by atoms with van der Waals surface area (Å²) in [5, 5.41) is 7.33. The molecular formula is C48H30N2O. The number of para-hydroxylation sites is 3. The summed E-state index contributed by atoms with van der Waals surface area (Å²) in [4.78, 5) is 0. The standard InChI is InChI=1S/C48H30N2O/c1-2-11-31(12-3-1)32-21-24-35(25-22-32)49-41-18-7-4-16-39(41)47-43(49)27-28-44-48(47)40-17-5-8-19-42(40)50(44)36-14-10-13-33(29-36)34-23-26-38-37-15-6-9-20-45(37)51-46(38)30-34/h1-30H. The van der Waals surface area contributed by atoms with Crippen molar-refractivity contribution in [1.82, 2.24) is 9.13 Å². The zero-order valence-corrected chi connectivity index (χ0v) is 27.6. The van der Waals surface area contributed by atoms with Gasteiger partial charge in [-0.05, 0) is 89.0 Å². The quantitative estimate of drug-likeness (QED) is 0.186. The lowest BCUT2D eigenvalue weighted by Crippen LogP contribution is -1.95. The van der Waals surface area contributed by atoms with E-state index in [1.54, 1.807) is 0 Å². The van der Waals surface area contributed by atoms with Crippen LogP contribution in [0.5, 0.6) is 0 Å². The first-order valence-corrected chi connectivity index (χ1v) is 17.4. The van der Waals surface area contributed by atoms with Crippen LogP contribution in [0.3, 0.4) is 0 Å². The number of hydrogen-bond donors (Lipinski definition) is 0. The van der Waals surface area contributed by atoms with Gasteiger partial charge in [-0.2, -0.15) is 0 Å². The van der Waals surface area contributed by atoms with E-state index in [2.05, 4.69) is 179 Å². The van der Waals surface area contributed by atoms with Gasteiger partial charge in [0.1, 0.15) is 11.2 Å². The lowest BCUT2D eigenvalue weighted by atomic mass is 10.0. The Morgan fingerprint density at radius 3 is 1.55 bits per heavy atom. The predicted octanol–water partition coefficient (Wildman–Crippen LogP) is 13.1. The molecule has 11 aromatic rings. The number of aromatic nitrogens is 2. The van der Waals surface area contributed by atoms with Crippen molar-refractivity contribution in [2.75, 3.05) is 0 Å². The van der Waals surface area contributed by atoms with Crippen molar-refractivity contribution in [2.45, 2.75) is 0 Å². The minimum atomic E-state index is 0.907. The monoisotopic (exact) mass is 650 g/mol. The second-order valence-electron chi connectivity index (χ2n) is 13.3. The second kappa shape index (κ2) is 10.8. The predicted molar refractivity (Wildman–Crippen MR) is 213 cm³/mol. The Kier molecular flexibility index (Phi) is 5.96. The first kappa shape index (κ1) is 28.0. The Hall–Kier alpha value is -6.84. The topological polar surface area (TPSA) is 23.0 Å². The second-order valence-corrected chi connectivity index (χ2v) is 13.3. The normalized spacial score (nSPS) is 11.9. The van der Waals surface area contributed by atoms with Crippen molar-refractivity contribution in [3.63, 3.8) is 0 Å². The van der Waals surface area contributed by atoms with Gasteiger partial charge in [0.05, 0.1) is 22.1 Å². The molecule has 3 nitrogen and oxygen atoms in total. The minimum absolute atomic E-state index is 0.907. The van der Waals surface area contributed by atoms with E-state index in [4.69, 9.17) is 4.42 Å². The molecule has 0 unspecified atom stereocenters. The Bertz CT molecular complexity index is 3120. The van der Waals surface area contributed by atoms with Crippen LogP contribution in [0.1, 0.15) is 0 Å². The third-order valence-electron chi connectivity index (χ3n) is 10.5. The fraction of sp³-hybridized carbons (Fsp3) is 0. The van der Waals surface area contributed by atoms with Gasteiger partial charge >= 0.3 is 0 Å². The van der Waals surface area contributed by atoms with E-state index in [1.165, 1.54) is 54.7 Å². The highest BCUT2D eigenvalue weighted by atomic mass is 16.3. The Balaban J connectivity index is 1.12. The molecule has 0 saturated heterocycles. The molecule has 0 fully saturated rings. The Morgan fingerprint density at radius 2 is 0.824 bits per heavy atom. The van der Waals surface area contributed by atoms with Crippen LogP contribution >= 0.6 is 0 Å². The molecule has 11 rings (SSSR count). The van der Waals surface area contributed by atoms with Gasteiger partial charge in [0.15, 0.2) is 0 Å². The van der Waals surface area contributed by atoms with Crippen LogP contribution in [-0.2, 0) is 0 Å². The number of fused-ring (bicyclic) bond motifs is 10. The highest BCUT2D eigenvalue weighted by Crippen LogP contribution is 2.43. The highest BCUT2D eigenvalue weighted by molar-refractivity contribution is 6.29. The van der Waals surface area contributed by atoms with Crippen LogP contribution in [0.25, 0.3) is 99.2 Å². The maximum Gasteiger partial charge on any atom is 0.136 e. The molecule has 0 aliphatic carbocycles. The number of hydrogen-bond acceptors (Lipinski definition) is 1. The van der Waals surface area contributed by atoms with Crippen LogP contribution in [0, 0.1) is 0 Å². The van der Waals surface area contributed by atoms with Crippen molar-refractivity contribution < 1.29 is 4.42 Å². The summed E-state index contributed by atoms with van der Waals surface area (Å²) in [7, 11) is 0. The summed E-state index contributed by atoms with van der Waals surface area (Å²) in [6, 6.07) is 65.5. The van der Waals surface area contributed by atoms with E-state index in [-0.39, 0.29) is 0 Å². The average Bonchev–Trinajstić information content (AvgIpc) is 3.85. The summed E-state index contributed by atoms with van der Waals surface area (Å²) in [6.45, 7) is 0. The molecule has 0 bridgehead atoms. The molecule has 8 aromatic carbocycles. The number of furan rings is 1. The minimum Gasteiger partial charge on any atom is -0.456 e. The molecule has 238 valence electrons. The van der Waals surface area contributed by atoms with Gasteiger partial charge in [-0.1, -0.05) is 115 Å². The van der Waals surface area contributed by atoms with Crippen LogP contribution in [-0.4, -0.2) is 9.13 Å². The molecule has 0 amide bonds. The number of nitrogens with zero attached hydrogens (tertiary/aromatic N) is 2. The maximum atomic E-state index is 6.26. The van der Waals surface area contributed by atoms with Gasteiger partial charge in [0.2, 0.25) is 0 Å². The van der Waals surface area contributed by atoms with Crippen LogP contribution < -0.4 is 0 Å². The van der Waals surface area contributed by atoms with Crippen molar-refractivity contribution in [3.05, 3.63) is 182 Å². The third-order valence-corrected chi connectivity index (χ3v) is 10.5. The Morgan fingerprint density at radius 1 is 0.294 bits per heavy atom. The molecule has 51 heavy (non-hydrogen) atoms. The molecule has 3 heterocycles. The molecule has 0 saturated carbocycles. The van der Waals surface area contributed by atoms with Gasteiger partial charge < -0.3 is 13.6 Å². The van der Waals surface area contributed by atoms with Gasteiger partial charge in [0.25, 0.3) is 0 Å². The average molecular weight is 651 g/mol. The van der Waals surface area contributed by atoms with Crippen molar-refractivity contribution in [2.24, 2.45) is 0 Å². The first-order valence-electron chi connectivity index (χ1n) is 17.4. The Labute approximate surface area is 293 Å². The molecule has 0 atom stereocenters. The van der Waals surface area contributed by atoms with E-state index in [0.29, 0.717) is 0 Å². The fourth-order valence-electron chi connectivity index (χ4n) is 8.24. The smallest absolute Gasteiger partial charge is 0.136 e. The zero-order valence-electron chi connectivity index (χ0n) is 27.6. The van der Waals surface area contributed by atoms with E-state index in [1.807, 2.05) is 12.1 Å². The fourth-order valence-corrected chi connectivity index (χ4v) is 8.24. The van der Waals surface area contributed by atoms with Crippen LogP contribution in [0.15, 0.2) is 186 Å². The molecule has 0 N–H and O–H groups in total. The van der Waals surface area contributed by atoms with Gasteiger partial charge in [-0.25, -0.2) is 0 Å². The summed E-state index contributed by atoms with van der Waals surface area (Å²) in [5.41, 5.74) is 13.6.